The first-order valence-electron chi connectivity index (χ1n) is 14.7. The number of carbonyl (C=O) groups excluding carboxylic acids is 3. The molecule has 0 aromatic heterocycles. The van der Waals surface area contributed by atoms with E-state index in [0.717, 1.165) is 35.1 Å². The summed E-state index contributed by atoms with van der Waals surface area (Å²) in [6.45, 7) is 11.7. The number of carboxylic acid groups (broad SMARTS) is 1. The van der Waals surface area contributed by atoms with E-state index in [9.17, 15) is 24.3 Å². The van der Waals surface area contributed by atoms with Gasteiger partial charge in [0.05, 0.1) is 0 Å². The van der Waals surface area contributed by atoms with Crippen LogP contribution in [0.1, 0.15) is 81.8 Å². The third kappa shape index (κ3) is 9.89. The molecule has 0 unspecified atom stereocenters. The number of rotatable bonds is 10. The van der Waals surface area contributed by atoms with Crippen LogP contribution in [0.15, 0.2) is 42.5 Å². The Balaban J connectivity index is 1.55. The van der Waals surface area contributed by atoms with Crippen LogP contribution in [0.3, 0.4) is 0 Å². The van der Waals surface area contributed by atoms with E-state index < -0.39 is 23.7 Å². The molecule has 228 valence electrons. The molecule has 2 aromatic carbocycles. The van der Waals surface area contributed by atoms with E-state index in [0.29, 0.717) is 24.9 Å². The minimum atomic E-state index is -1.08. The van der Waals surface area contributed by atoms with Crippen molar-refractivity contribution >= 4 is 23.9 Å². The van der Waals surface area contributed by atoms with Crippen LogP contribution in [0.25, 0.3) is 11.1 Å². The van der Waals surface area contributed by atoms with Gasteiger partial charge in [0.25, 0.3) is 5.91 Å². The van der Waals surface area contributed by atoms with Gasteiger partial charge in [-0.25, -0.2) is 9.59 Å². The summed E-state index contributed by atoms with van der Waals surface area (Å²) >= 11 is 0. The molecule has 4 N–H and O–H groups in total. The highest BCUT2D eigenvalue weighted by Gasteiger charge is 2.30. The molecule has 3 rings (SSSR count). The van der Waals surface area contributed by atoms with Crippen LogP contribution in [0.5, 0.6) is 0 Å². The largest absolute Gasteiger partial charge is 0.480 e. The topological polar surface area (TPSA) is 134 Å². The van der Waals surface area contributed by atoms with E-state index in [1.165, 1.54) is 0 Å². The lowest BCUT2D eigenvalue weighted by Crippen LogP contribution is -2.46. The van der Waals surface area contributed by atoms with Crippen LogP contribution in [0, 0.1) is 18.8 Å². The first-order valence-corrected chi connectivity index (χ1v) is 14.7. The van der Waals surface area contributed by atoms with Gasteiger partial charge in [-0.1, -0.05) is 30.3 Å². The molecular weight excluding hydrogens is 534 g/mol. The molecule has 3 amide bonds. The Morgan fingerprint density at radius 1 is 0.952 bits per heavy atom. The minimum Gasteiger partial charge on any atom is -0.480 e. The van der Waals surface area contributed by atoms with Crippen molar-refractivity contribution in [1.29, 1.82) is 0 Å². The van der Waals surface area contributed by atoms with Gasteiger partial charge in [0.15, 0.2) is 0 Å². The van der Waals surface area contributed by atoms with Crippen LogP contribution in [0.4, 0.5) is 4.79 Å². The first kappa shape index (κ1) is 32.6. The van der Waals surface area contributed by atoms with Gasteiger partial charge >= 0.3 is 12.1 Å². The average molecular weight is 580 g/mol. The predicted molar refractivity (Wildman–Crippen MR) is 162 cm³/mol. The Morgan fingerprint density at radius 3 is 2.17 bits per heavy atom. The quantitative estimate of drug-likeness (QED) is 0.304. The molecule has 1 saturated carbocycles. The van der Waals surface area contributed by atoms with Gasteiger partial charge in [0.1, 0.15) is 11.6 Å². The second kappa shape index (κ2) is 14.3. The van der Waals surface area contributed by atoms with Crippen LogP contribution in [0.2, 0.25) is 0 Å². The molecule has 0 heterocycles. The maximum Gasteiger partial charge on any atom is 0.407 e. The van der Waals surface area contributed by atoms with Crippen molar-refractivity contribution in [1.82, 2.24) is 16.0 Å². The van der Waals surface area contributed by atoms with E-state index >= 15 is 0 Å². The highest BCUT2D eigenvalue weighted by molar-refractivity contribution is 5.96. The smallest absolute Gasteiger partial charge is 0.407 e. The molecule has 0 spiro atoms. The summed E-state index contributed by atoms with van der Waals surface area (Å²) in [6, 6.07) is 12.1. The fourth-order valence-electron chi connectivity index (χ4n) is 5.14. The van der Waals surface area contributed by atoms with Crippen LogP contribution >= 0.6 is 0 Å². The number of carbonyl (C=O) groups is 4. The second-order valence-electron chi connectivity index (χ2n) is 12.6. The predicted octanol–water partition coefficient (Wildman–Crippen LogP) is 5.24. The molecular formula is C33H45N3O6. The van der Waals surface area contributed by atoms with Crippen LogP contribution in [-0.2, 0) is 20.7 Å². The van der Waals surface area contributed by atoms with Gasteiger partial charge in [-0.2, -0.15) is 0 Å². The Hall–Kier alpha value is -3.88. The van der Waals surface area contributed by atoms with Crippen molar-refractivity contribution in [3.05, 3.63) is 59.2 Å². The summed E-state index contributed by atoms with van der Waals surface area (Å²) in [7, 11) is 0. The zero-order valence-electron chi connectivity index (χ0n) is 25.6. The van der Waals surface area contributed by atoms with E-state index in [1.54, 1.807) is 6.07 Å². The molecule has 9 heteroatoms. The summed E-state index contributed by atoms with van der Waals surface area (Å²) in [4.78, 5) is 49.4. The highest BCUT2D eigenvalue weighted by atomic mass is 16.6. The van der Waals surface area contributed by atoms with Gasteiger partial charge in [-0.05, 0) is 108 Å². The molecule has 2 aromatic rings. The fraction of sp³-hybridized carbons (Fsp3) is 0.515. The van der Waals surface area contributed by atoms with Crippen molar-refractivity contribution in [2.45, 2.75) is 91.3 Å². The maximum absolute atomic E-state index is 13.0. The lowest BCUT2D eigenvalue weighted by Gasteiger charge is -2.29. The third-order valence-corrected chi connectivity index (χ3v) is 7.39. The minimum absolute atomic E-state index is 0.0346. The van der Waals surface area contributed by atoms with E-state index in [1.807, 2.05) is 77.9 Å². The number of benzene rings is 2. The number of hydrogen-bond donors (Lipinski definition) is 4. The number of amides is 3. The zero-order chi connectivity index (χ0) is 31.0. The Labute approximate surface area is 248 Å². The molecule has 0 radical (unpaired) electrons. The van der Waals surface area contributed by atoms with Crippen LogP contribution < -0.4 is 16.0 Å². The Bertz CT molecular complexity index is 1260. The normalized spacial score (nSPS) is 17.7. The number of hydrogen-bond acceptors (Lipinski definition) is 5. The van der Waals surface area contributed by atoms with E-state index in [-0.39, 0.29) is 36.1 Å². The zero-order valence-corrected chi connectivity index (χ0v) is 25.6. The van der Waals surface area contributed by atoms with Gasteiger partial charge in [0.2, 0.25) is 5.91 Å². The monoisotopic (exact) mass is 579 g/mol. The van der Waals surface area contributed by atoms with Crippen molar-refractivity contribution < 1.29 is 29.0 Å². The summed E-state index contributed by atoms with van der Waals surface area (Å²) in [5.41, 5.74) is 3.68. The number of aryl methyl sites for hydroxylation is 1. The van der Waals surface area contributed by atoms with Gasteiger partial charge in [-0.3, -0.25) is 9.59 Å². The lowest BCUT2D eigenvalue weighted by atomic mass is 9.81. The van der Waals surface area contributed by atoms with Gasteiger partial charge < -0.3 is 25.8 Å². The SMILES string of the molecule is Cc1ccc(C(=O)NC(C)C)cc1-c1ccc(C[C@H](NC(=O)[C@H]2CC[C@H](CNC(=O)OC(C)(C)C)CC2)C(=O)O)cc1. The van der Waals surface area contributed by atoms with Crippen molar-refractivity contribution in [3.63, 3.8) is 0 Å². The van der Waals surface area contributed by atoms with Crippen molar-refractivity contribution in [2.75, 3.05) is 6.54 Å². The first-order chi connectivity index (χ1) is 19.7. The second-order valence-corrected chi connectivity index (χ2v) is 12.6. The van der Waals surface area contributed by atoms with Crippen molar-refractivity contribution in [3.8, 4) is 11.1 Å². The summed E-state index contributed by atoms with van der Waals surface area (Å²) in [5, 5.41) is 18.3. The number of aliphatic carboxylic acids is 1. The highest BCUT2D eigenvalue weighted by Crippen LogP contribution is 2.29. The lowest BCUT2D eigenvalue weighted by molar-refractivity contribution is -0.142. The average Bonchev–Trinajstić information content (AvgIpc) is 2.91. The summed E-state index contributed by atoms with van der Waals surface area (Å²) < 4.78 is 5.28. The summed E-state index contributed by atoms with van der Waals surface area (Å²) in [5.74, 6) is -1.46. The maximum atomic E-state index is 13.0. The molecule has 42 heavy (non-hydrogen) atoms. The molecule has 0 aliphatic heterocycles. The van der Waals surface area contributed by atoms with Crippen molar-refractivity contribution in [2.24, 2.45) is 11.8 Å². The number of carboxylic acids is 1. The Kier molecular flexibility index (Phi) is 11.1. The van der Waals surface area contributed by atoms with Crippen LogP contribution in [-0.4, -0.2) is 53.2 Å². The molecule has 9 nitrogen and oxygen atoms in total. The number of nitrogens with one attached hydrogen (secondary N) is 3. The number of ether oxygens (including phenoxy) is 1. The molecule has 0 saturated heterocycles. The molecule has 1 atom stereocenters. The van der Waals surface area contributed by atoms with E-state index in [4.69, 9.17) is 4.74 Å². The third-order valence-electron chi connectivity index (χ3n) is 7.39. The molecule has 1 aliphatic rings. The summed E-state index contributed by atoms with van der Waals surface area (Å²) in [6.07, 6.45) is 2.53. The van der Waals surface area contributed by atoms with E-state index in [2.05, 4.69) is 16.0 Å². The standard InChI is InChI=1S/C33H45N3O6/c1-20(2)35-30(38)26-12-7-21(3)27(18-26)24-13-8-22(9-14-24)17-28(31(39)40)36-29(37)25-15-10-23(11-16-25)19-34-32(41)42-33(4,5)6/h7-9,12-14,18,20,23,25,28H,10-11,15-17,19H2,1-6H3,(H,34,41)(H,35,38)(H,36,37)(H,39,40)/t23-,25-,28-/m0/s1. The fourth-order valence-corrected chi connectivity index (χ4v) is 5.14. The molecule has 1 fully saturated rings. The number of alkyl carbamates (subject to hydrolysis) is 1. The molecule has 1 aliphatic carbocycles. The Morgan fingerprint density at radius 2 is 1.60 bits per heavy atom. The molecule has 0 bridgehead atoms. The van der Waals surface area contributed by atoms with Gasteiger partial charge in [0, 0.05) is 30.5 Å². The van der Waals surface area contributed by atoms with Gasteiger partial charge in [-0.15, -0.1) is 0 Å².